The molecule has 0 saturated carbocycles. The average Bonchev–Trinajstić information content (AvgIpc) is 1.55. The third-order valence-electron chi connectivity index (χ3n) is 21.8. The fourth-order valence-corrected chi connectivity index (χ4v) is 18.1. The molecule has 0 fully saturated rings. The van der Waals surface area contributed by atoms with E-state index in [2.05, 4.69) is 330 Å². The van der Waals surface area contributed by atoms with Gasteiger partial charge in [-0.1, -0.05) is 200 Å². The van der Waals surface area contributed by atoms with Crippen LogP contribution in [0.4, 0.5) is 0 Å². The Kier molecular flexibility index (Phi) is 9.76. The standard InChI is InChI=1S/C88H56N3/c1-53-42-83-75-45-66(56-28-10-4-11-29-56)70-48-78(75)87-50-76(59-33-15-14-32-58(59)70)85-74-49-79(62-36-18-16-34-60(62)67-46-69(74)71(81-38-20-22-40-89(81)85)43-64(67)54-24-6-2-7-25-54)88-51-80(87)63-37-19-17-35-61(63)68-47-73(84(88)86(87)90(83)52-77(53)57-30-12-5-13-31-57)72(82-39-21-23-41-91(82)88)44-65(68)55-26-8-3-9-27-55/h2-52,74,85H,1H3/q+3/b76-50-,79-49-. The fraction of sp³-hybridized carbons (Fsp3) is 0.0568. The first-order valence-electron chi connectivity index (χ1n) is 32.1. The predicted molar refractivity (Wildman–Crippen MR) is 367 cm³/mol. The van der Waals surface area contributed by atoms with Gasteiger partial charge in [-0.2, -0.15) is 13.7 Å². The van der Waals surface area contributed by atoms with E-state index in [1.165, 1.54) is 179 Å². The van der Waals surface area contributed by atoms with Gasteiger partial charge in [-0.05, 0) is 173 Å². The van der Waals surface area contributed by atoms with E-state index in [0.29, 0.717) is 0 Å². The Hall–Kier alpha value is -11.4. The van der Waals surface area contributed by atoms with Gasteiger partial charge in [0.2, 0.25) is 28.3 Å². The average molecular weight is 1160 g/mol. The first kappa shape index (κ1) is 49.6. The van der Waals surface area contributed by atoms with Crippen molar-refractivity contribution in [1.29, 1.82) is 0 Å². The maximum absolute atomic E-state index is 2.85. The van der Waals surface area contributed by atoms with Crippen molar-refractivity contribution >= 4 is 28.0 Å². The number of aromatic nitrogens is 3. The SMILES string of the molecule is Cc1cc2[n+](cc1-c1ccccc1)C1=C3c4cc5c(-c6ccccc6)cc4-c4cccc[n+]4C34/C3=C\C6c7cc(c(-c8ccccc8)cc7-c7cccc[n+]7C6/C6=C\C1(C(=C4)c1ccccc1-5)c1cc(c(-c4ccccc4)cc1-2)-c1ccccc16)-c1ccccc13. The molecule has 3 aromatic heterocycles. The Morgan fingerprint density at radius 2 is 0.835 bits per heavy atom. The highest BCUT2D eigenvalue weighted by molar-refractivity contribution is 6.17. The zero-order chi connectivity index (χ0) is 59.4. The maximum Gasteiger partial charge on any atom is 0.245 e. The molecule has 3 heteroatoms. The van der Waals surface area contributed by atoms with Gasteiger partial charge < -0.3 is 0 Å². The molecule has 5 aliphatic carbocycles. The third-order valence-corrected chi connectivity index (χ3v) is 21.8. The molecular weight excluding hydrogens is 1100 g/mol. The number of aryl methyl sites for hydroxylation is 1. The lowest BCUT2D eigenvalue weighted by Gasteiger charge is -2.49. The van der Waals surface area contributed by atoms with Crippen LogP contribution in [0.15, 0.2) is 310 Å². The van der Waals surface area contributed by atoms with Crippen LogP contribution in [-0.2, 0) is 11.0 Å². The molecule has 3 aliphatic heterocycles. The molecule has 4 atom stereocenters. The van der Waals surface area contributed by atoms with Crippen LogP contribution in [0.25, 0.3) is 140 Å². The molecule has 8 aliphatic rings. The van der Waals surface area contributed by atoms with Gasteiger partial charge in [0.05, 0.1) is 22.6 Å². The summed E-state index contributed by atoms with van der Waals surface area (Å²) in [6.45, 7) is 2.33. The maximum atomic E-state index is 2.85. The quantitative estimate of drug-likeness (QED) is 0.147. The van der Waals surface area contributed by atoms with Gasteiger partial charge >= 0.3 is 0 Å². The summed E-state index contributed by atoms with van der Waals surface area (Å²) in [7, 11) is 0. The number of hydrogen-bond donors (Lipinski definition) is 0. The molecule has 0 radical (unpaired) electrons. The minimum Gasteiger partial charge on any atom is -0.190 e. The van der Waals surface area contributed by atoms with E-state index in [9.17, 15) is 0 Å². The van der Waals surface area contributed by atoms with E-state index in [1.54, 1.807) is 0 Å². The van der Waals surface area contributed by atoms with Crippen molar-refractivity contribution in [2.45, 2.75) is 29.8 Å². The van der Waals surface area contributed by atoms with Crippen LogP contribution < -0.4 is 13.7 Å². The lowest BCUT2D eigenvalue weighted by atomic mass is 9.53. The molecule has 1 spiro atoms. The largest absolute Gasteiger partial charge is 0.245 e. The molecule has 0 amide bonds. The highest BCUT2D eigenvalue weighted by atomic mass is 15.1. The highest BCUT2D eigenvalue weighted by Crippen LogP contribution is 2.69. The molecule has 420 valence electrons. The lowest BCUT2D eigenvalue weighted by molar-refractivity contribution is -0.714. The summed E-state index contributed by atoms with van der Waals surface area (Å²) in [6.07, 6.45) is 15.8. The number of pyridine rings is 3. The monoisotopic (exact) mass is 1150 g/mol. The molecule has 0 N–H and O–H groups in total. The molecule has 9 bridgehead atoms. The first-order chi connectivity index (χ1) is 45.0. The summed E-state index contributed by atoms with van der Waals surface area (Å²) in [5.41, 5.74) is 37.6. The molecule has 13 aromatic rings. The van der Waals surface area contributed by atoms with Crippen molar-refractivity contribution in [2.24, 2.45) is 0 Å². The number of nitrogens with zero attached hydrogens (tertiary/aromatic N) is 3. The number of fused-ring (bicyclic) bond motifs is 12. The molecular formula is C88H56N3+3. The van der Waals surface area contributed by atoms with Crippen molar-refractivity contribution in [3.05, 3.63) is 349 Å². The third kappa shape index (κ3) is 6.35. The fourth-order valence-electron chi connectivity index (χ4n) is 18.1. The Bertz CT molecular complexity index is 5590. The Morgan fingerprint density at radius 1 is 0.341 bits per heavy atom. The zero-order valence-corrected chi connectivity index (χ0v) is 49.9. The van der Waals surface area contributed by atoms with Crippen molar-refractivity contribution in [3.8, 4) is 112 Å². The van der Waals surface area contributed by atoms with E-state index in [4.69, 9.17) is 0 Å². The van der Waals surface area contributed by atoms with E-state index in [1.807, 2.05) is 0 Å². The molecule has 21 rings (SSSR count). The zero-order valence-electron chi connectivity index (χ0n) is 49.9. The van der Waals surface area contributed by atoms with Gasteiger partial charge in [-0.15, -0.1) is 0 Å². The van der Waals surface area contributed by atoms with Gasteiger partial charge in [0.1, 0.15) is 11.0 Å². The Balaban J connectivity index is 1.06. The summed E-state index contributed by atoms with van der Waals surface area (Å²) in [5.74, 6) is -0.155. The summed E-state index contributed by atoms with van der Waals surface area (Å²) in [5, 5.41) is 0. The second-order valence-electron chi connectivity index (χ2n) is 26.1. The van der Waals surface area contributed by atoms with Crippen molar-refractivity contribution in [1.82, 2.24) is 0 Å². The van der Waals surface area contributed by atoms with Crippen LogP contribution in [0, 0.1) is 6.92 Å². The highest BCUT2D eigenvalue weighted by Gasteiger charge is 2.68. The second-order valence-corrected chi connectivity index (χ2v) is 26.1. The summed E-state index contributed by atoms with van der Waals surface area (Å²) < 4.78 is 8.13. The molecule has 3 nitrogen and oxygen atoms in total. The summed E-state index contributed by atoms with van der Waals surface area (Å²) in [4.78, 5) is 0. The molecule has 91 heavy (non-hydrogen) atoms. The van der Waals surface area contributed by atoms with Gasteiger partial charge in [-0.25, -0.2) is 0 Å². The van der Waals surface area contributed by atoms with Crippen LogP contribution in [0.1, 0.15) is 50.9 Å². The van der Waals surface area contributed by atoms with Crippen LogP contribution in [0.5, 0.6) is 0 Å². The Labute approximate surface area is 528 Å². The van der Waals surface area contributed by atoms with Crippen LogP contribution in [-0.4, -0.2) is 0 Å². The topological polar surface area (TPSA) is 11.6 Å². The molecule has 6 heterocycles. The van der Waals surface area contributed by atoms with E-state index >= 15 is 0 Å². The first-order valence-corrected chi connectivity index (χ1v) is 32.1. The number of allylic oxidation sites excluding steroid dienone is 8. The van der Waals surface area contributed by atoms with E-state index in [0.717, 1.165) is 0 Å². The number of hydrogen-bond acceptors (Lipinski definition) is 0. The smallest absolute Gasteiger partial charge is 0.190 e. The van der Waals surface area contributed by atoms with Crippen LogP contribution in [0.3, 0.4) is 0 Å². The van der Waals surface area contributed by atoms with Crippen molar-refractivity contribution in [3.63, 3.8) is 0 Å². The number of benzene rings is 10. The minimum absolute atomic E-state index is 0.155. The normalized spacial score (nSPS) is 20.4. The predicted octanol–water partition coefficient (Wildman–Crippen LogP) is 19.4. The second kappa shape index (κ2) is 17.9. The minimum atomic E-state index is -0.980. The molecule has 10 aromatic carbocycles. The van der Waals surface area contributed by atoms with E-state index in [-0.39, 0.29) is 12.0 Å². The van der Waals surface area contributed by atoms with Gasteiger partial charge in [-0.3, -0.25) is 0 Å². The van der Waals surface area contributed by atoms with E-state index < -0.39 is 11.0 Å². The Morgan fingerprint density at radius 3 is 1.48 bits per heavy atom. The van der Waals surface area contributed by atoms with Crippen LogP contribution >= 0.6 is 0 Å². The van der Waals surface area contributed by atoms with Crippen LogP contribution in [0.2, 0.25) is 0 Å². The molecule has 4 unspecified atom stereocenters. The van der Waals surface area contributed by atoms with Gasteiger partial charge in [0.15, 0.2) is 24.6 Å². The summed E-state index contributed by atoms with van der Waals surface area (Å²) >= 11 is 0. The van der Waals surface area contributed by atoms with Crippen molar-refractivity contribution < 1.29 is 13.7 Å². The van der Waals surface area contributed by atoms with Gasteiger partial charge in [0.25, 0.3) is 0 Å². The molecule has 0 saturated heterocycles. The van der Waals surface area contributed by atoms with Crippen molar-refractivity contribution in [2.75, 3.05) is 0 Å². The summed E-state index contributed by atoms with van der Waals surface area (Å²) in [6, 6.07) is 105. The van der Waals surface area contributed by atoms with Gasteiger partial charge in [0, 0.05) is 58.7 Å². The number of rotatable bonds is 6. The lowest BCUT2D eigenvalue weighted by Crippen LogP contribution is -2.64.